The molecule has 0 atom stereocenters. The Bertz CT molecular complexity index is 551. The van der Waals surface area contributed by atoms with Crippen LogP contribution in [0.3, 0.4) is 0 Å². The van der Waals surface area contributed by atoms with E-state index in [0.717, 1.165) is 31.2 Å². The maximum absolute atomic E-state index is 5.85. The van der Waals surface area contributed by atoms with Crippen LogP contribution in [0.15, 0.2) is 29.3 Å². The van der Waals surface area contributed by atoms with E-state index in [1.807, 2.05) is 18.2 Å². The van der Waals surface area contributed by atoms with Crippen LogP contribution in [-0.2, 0) is 0 Å². The van der Waals surface area contributed by atoms with E-state index in [0.29, 0.717) is 18.7 Å². The lowest BCUT2D eigenvalue weighted by molar-refractivity contribution is 0.167. The van der Waals surface area contributed by atoms with Gasteiger partial charge in [-0.15, -0.1) is 0 Å². The summed E-state index contributed by atoms with van der Waals surface area (Å²) in [6, 6.07) is 9.31. The second-order valence-corrected chi connectivity index (χ2v) is 7.28. The van der Waals surface area contributed by atoms with Gasteiger partial charge in [-0.1, -0.05) is 18.2 Å². The molecule has 0 saturated carbocycles. The van der Waals surface area contributed by atoms with Crippen molar-refractivity contribution in [1.29, 1.82) is 0 Å². The van der Waals surface area contributed by atoms with E-state index in [4.69, 9.17) is 9.73 Å². The standard InChI is InChI=1S/C21H36N4O/c1-5-22-21(24-19-11-14-25(15-12-19)17(2)3)23-13-8-16-26-20-10-7-6-9-18(20)4/h6-7,9-10,17,19H,5,8,11-16H2,1-4H3,(H2,22,23,24). The smallest absolute Gasteiger partial charge is 0.191 e. The van der Waals surface area contributed by atoms with Crippen molar-refractivity contribution >= 4 is 5.96 Å². The number of aryl methyl sites for hydroxylation is 1. The van der Waals surface area contributed by atoms with Gasteiger partial charge in [0.25, 0.3) is 0 Å². The van der Waals surface area contributed by atoms with E-state index in [2.05, 4.69) is 49.3 Å². The quantitative estimate of drug-likeness (QED) is 0.425. The first kappa shape index (κ1) is 20.6. The topological polar surface area (TPSA) is 48.9 Å². The van der Waals surface area contributed by atoms with Gasteiger partial charge in [0.15, 0.2) is 5.96 Å². The third-order valence-corrected chi connectivity index (χ3v) is 4.87. The van der Waals surface area contributed by atoms with Gasteiger partial charge in [0, 0.05) is 44.7 Å². The Balaban J connectivity index is 1.72. The lowest BCUT2D eigenvalue weighted by Gasteiger charge is -2.35. The second kappa shape index (κ2) is 11.1. The fourth-order valence-corrected chi connectivity index (χ4v) is 3.23. The molecule has 1 heterocycles. The average molecular weight is 361 g/mol. The zero-order valence-corrected chi connectivity index (χ0v) is 16.9. The molecule has 0 spiro atoms. The zero-order valence-electron chi connectivity index (χ0n) is 16.9. The Morgan fingerprint density at radius 2 is 2.00 bits per heavy atom. The fourth-order valence-electron chi connectivity index (χ4n) is 3.23. The summed E-state index contributed by atoms with van der Waals surface area (Å²) in [7, 11) is 0. The molecule has 5 nitrogen and oxygen atoms in total. The normalized spacial score (nSPS) is 16.7. The van der Waals surface area contributed by atoms with Crippen molar-refractivity contribution in [2.45, 2.75) is 59.0 Å². The molecule has 0 radical (unpaired) electrons. The Kier molecular flexibility index (Phi) is 8.75. The van der Waals surface area contributed by atoms with Gasteiger partial charge < -0.3 is 20.3 Å². The SMILES string of the molecule is CCNC(=NCCCOc1ccccc1C)NC1CCN(C(C)C)CC1. The van der Waals surface area contributed by atoms with Crippen molar-refractivity contribution in [3.05, 3.63) is 29.8 Å². The molecule has 146 valence electrons. The van der Waals surface area contributed by atoms with Gasteiger partial charge in [-0.05, 0) is 52.2 Å². The third kappa shape index (κ3) is 6.87. The minimum absolute atomic E-state index is 0.519. The molecule has 2 rings (SSSR count). The summed E-state index contributed by atoms with van der Waals surface area (Å²) in [4.78, 5) is 7.26. The molecular weight excluding hydrogens is 324 g/mol. The lowest BCUT2D eigenvalue weighted by Crippen LogP contribution is -2.49. The van der Waals surface area contributed by atoms with E-state index in [1.165, 1.54) is 31.5 Å². The highest BCUT2D eigenvalue weighted by atomic mass is 16.5. The summed E-state index contributed by atoms with van der Waals surface area (Å²) in [5.41, 5.74) is 1.18. The maximum Gasteiger partial charge on any atom is 0.191 e. The number of hydrogen-bond donors (Lipinski definition) is 2. The third-order valence-electron chi connectivity index (χ3n) is 4.87. The first-order valence-corrected chi connectivity index (χ1v) is 10.1. The van der Waals surface area contributed by atoms with Crippen LogP contribution in [0, 0.1) is 6.92 Å². The first-order chi connectivity index (χ1) is 12.6. The molecule has 26 heavy (non-hydrogen) atoms. The highest BCUT2D eigenvalue weighted by molar-refractivity contribution is 5.80. The van der Waals surface area contributed by atoms with Crippen molar-refractivity contribution in [2.75, 3.05) is 32.8 Å². The summed E-state index contributed by atoms with van der Waals surface area (Å²) in [6.07, 6.45) is 3.27. The maximum atomic E-state index is 5.85. The molecule has 0 amide bonds. The Hall–Kier alpha value is -1.75. The Morgan fingerprint density at radius 3 is 2.65 bits per heavy atom. The molecule has 0 aromatic heterocycles. The van der Waals surface area contributed by atoms with Gasteiger partial charge in [-0.2, -0.15) is 0 Å². The predicted molar refractivity (Wildman–Crippen MR) is 110 cm³/mol. The van der Waals surface area contributed by atoms with Gasteiger partial charge in [0.05, 0.1) is 6.61 Å². The number of likely N-dealkylation sites (tertiary alicyclic amines) is 1. The molecule has 1 fully saturated rings. The van der Waals surface area contributed by atoms with Crippen LogP contribution in [0.4, 0.5) is 0 Å². The molecule has 1 aliphatic heterocycles. The zero-order chi connectivity index (χ0) is 18.8. The van der Waals surface area contributed by atoms with Gasteiger partial charge in [0.2, 0.25) is 0 Å². The van der Waals surface area contributed by atoms with Gasteiger partial charge in [-0.3, -0.25) is 4.99 Å². The van der Waals surface area contributed by atoms with Gasteiger partial charge in [0.1, 0.15) is 5.75 Å². The summed E-state index contributed by atoms with van der Waals surface area (Å²) < 4.78 is 5.85. The molecule has 2 N–H and O–H groups in total. The number of hydrogen-bond acceptors (Lipinski definition) is 3. The summed E-state index contributed by atoms with van der Waals surface area (Å²) in [5.74, 6) is 1.91. The molecule has 0 aliphatic carbocycles. The largest absolute Gasteiger partial charge is 0.493 e. The second-order valence-electron chi connectivity index (χ2n) is 7.28. The lowest BCUT2D eigenvalue weighted by atomic mass is 10.0. The van der Waals surface area contributed by atoms with Crippen LogP contribution in [0.2, 0.25) is 0 Å². The van der Waals surface area contributed by atoms with Crippen LogP contribution < -0.4 is 15.4 Å². The van der Waals surface area contributed by atoms with Crippen molar-refractivity contribution < 1.29 is 4.74 Å². The summed E-state index contributed by atoms with van der Waals surface area (Å²) in [6.45, 7) is 13.4. The highest BCUT2D eigenvalue weighted by Crippen LogP contribution is 2.16. The number of aliphatic imine (C=N–C) groups is 1. The molecule has 1 saturated heterocycles. The molecular formula is C21H36N4O. The number of para-hydroxylation sites is 1. The van der Waals surface area contributed by atoms with Gasteiger partial charge in [-0.25, -0.2) is 0 Å². The highest BCUT2D eigenvalue weighted by Gasteiger charge is 2.21. The minimum atomic E-state index is 0.519. The molecule has 1 aromatic carbocycles. The Morgan fingerprint density at radius 1 is 1.27 bits per heavy atom. The molecule has 0 unspecified atom stereocenters. The number of rotatable bonds is 8. The van der Waals surface area contributed by atoms with E-state index < -0.39 is 0 Å². The van der Waals surface area contributed by atoms with Crippen LogP contribution >= 0.6 is 0 Å². The number of nitrogens with one attached hydrogen (secondary N) is 2. The summed E-state index contributed by atoms with van der Waals surface area (Å²) >= 11 is 0. The minimum Gasteiger partial charge on any atom is -0.493 e. The first-order valence-electron chi connectivity index (χ1n) is 10.1. The number of piperidine rings is 1. The van der Waals surface area contributed by atoms with Crippen LogP contribution in [0.25, 0.3) is 0 Å². The molecule has 5 heteroatoms. The summed E-state index contributed by atoms with van der Waals surface area (Å²) in [5, 5.41) is 6.97. The number of nitrogens with zero attached hydrogens (tertiary/aromatic N) is 2. The molecule has 0 bridgehead atoms. The Labute approximate surface area is 159 Å². The van der Waals surface area contributed by atoms with E-state index >= 15 is 0 Å². The number of benzene rings is 1. The molecule has 1 aliphatic rings. The van der Waals surface area contributed by atoms with Gasteiger partial charge >= 0.3 is 0 Å². The average Bonchev–Trinajstić information content (AvgIpc) is 2.63. The fraction of sp³-hybridized carbons (Fsp3) is 0.667. The monoisotopic (exact) mass is 360 g/mol. The number of guanidine groups is 1. The van der Waals surface area contributed by atoms with E-state index in [-0.39, 0.29) is 0 Å². The van der Waals surface area contributed by atoms with Crippen LogP contribution in [0.5, 0.6) is 5.75 Å². The predicted octanol–water partition coefficient (Wildman–Crippen LogP) is 3.19. The van der Waals surface area contributed by atoms with Crippen molar-refractivity contribution in [3.8, 4) is 5.75 Å². The van der Waals surface area contributed by atoms with Crippen LogP contribution in [-0.4, -0.2) is 55.7 Å². The van der Waals surface area contributed by atoms with Crippen LogP contribution in [0.1, 0.15) is 45.6 Å². The van der Waals surface area contributed by atoms with Crippen molar-refractivity contribution in [2.24, 2.45) is 4.99 Å². The number of ether oxygens (including phenoxy) is 1. The van der Waals surface area contributed by atoms with Crippen molar-refractivity contribution in [3.63, 3.8) is 0 Å². The van der Waals surface area contributed by atoms with E-state index in [1.54, 1.807) is 0 Å². The molecule has 1 aromatic rings. The van der Waals surface area contributed by atoms with E-state index in [9.17, 15) is 0 Å². The van der Waals surface area contributed by atoms with Crippen molar-refractivity contribution in [1.82, 2.24) is 15.5 Å².